The van der Waals surface area contributed by atoms with Gasteiger partial charge in [-0.1, -0.05) is 38.7 Å². The van der Waals surface area contributed by atoms with Crippen molar-refractivity contribution >= 4 is 0 Å². The van der Waals surface area contributed by atoms with Crippen LogP contribution in [0.25, 0.3) is 0 Å². The van der Waals surface area contributed by atoms with E-state index in [-0.39, 0.29) is 30.8 Å². The van der Waals surface area contributed by atoms with Crippen molar-refractivity contribution in [2.75, 3.05) is 13.2 Å². The number of rotatable bonds is 6. The molecule has 1 heterocycles. The number of benzene rings is 1. The van der Waals surface area contributed by atoms with Crippen LogP contribution in [0, 0.1) is 17.7 Å². The van der Waals surface area contributed by atoms with Crippen molar-refractivity contribution in [3.63, 3.8) is 0 Å². The van der Waals surface area contributed by atoms with E-state index in [0.29, 0.717) is 12.3 Å². The normalized spacial score (nSPS) is 28.3. The van der Waals surface area contributed by atoms with E-state index in [9.17, 15) is 17.6 Å². The molecule has 0 amide bonds. The minimum absolute atomic E-state index is 0.0522. The largest absolute Gasteiger partial charge is 0.493 e. The Balaban J connectivity index is 1.65. The Morgan fingerprint density at radius 2 is 1.76 bits per heavy atom. The molecule has 2 atom stereocenters. The zero-order valence-electron chi connectivity index (χ0n) is 17.4. The molecule has 0 N–H and O–H groups in total. The molecule has 1 aromatic carbocycles. The second-order valence-electron chi connectivity index (χ2n) is 8.49. The highest BCUT2D eigenvalue weighted by Gasteiger charge is 2.40. The highest BCUT2D eigenvalue weighted by atomic mass is 19.4. The molecule has 1 aliphatic heterocycles. The molecule has 3 rings (SSSR count). The van der Waals surface area contributed by atoms with Crippen molar-refractivity contribution < 1.29 is 27.0 Å². The summed E-state index contributed by atoms with van der Waals surface area (Å²) in [7, 11) is 0. The van der Waals surface area contributed by atoms with Crippen molar-refractivity contribution in [1.82, 2.24) is 0 Å². The van der Waals surface area contributed by atoms with E-state index in [4.69, 9.17) is 9.47 Å². The van der Waals surface area contributed by atoms with Gasteiger partial charge in [-0.2, -0.15) is 13.2 Å². The predicted octanol–water partition coefficient (Wildman–Crippen LogP) is 7.11. The van der Waals surface area contributed by atoms with Gasteiger partial charge in [-0.15, -0.1) is 0 Å². The van der Waals surface area contributed by atoms with Gasteiger partial charge in [0.15, 0.2) is 0 Å². The average molecular weight is 416 g/mol. The molecule has 29 heavy (non-hydrogen) atoms. The monoisotopic (exact) mass is 416 g/mol. The quantitative estimate of drug-likeness (QED) is 0.460. The SMILES string of the molecule is CCCC1CCC(C2CCC(c3ccc(OCC)c(C(F)(F)F)c3F)CO2)CC1. The molecule has 0 bridgehead atoms. The lowest BCUT2D eigenvalue weighted by Crippen LogP contribution is -2.34. The van der Waals surface area contributed by atoms with Crippen LogP contribution in [0.1, 0.15) is 82.3 Å². The fourth-order valence-electron chi connectivity index (χ4n) is 5.08. The maximum Gasteiger partial charge on any atom is 0.422 e. The lowest BCUT2D eigenvalue weighted by Gasteiger charge is -2.38. The van der Waals surface area contributed by atoms with Gasteiger partial charge in [-0.3, -0.25) is 0 Å². The van der Waals surface area contributed by atoms with E-state index in [2.05, 4.69) is 6.92 Å². The highest BCUT2D eigenvalue weighted by Crippen LogP contribution is 2.43. The van der Waals surface area contributed by atoms with Crippen molar-refractivity contribution in [1.29, 1.82) is 0 Å². The molecule has 6 heteroatoms. The second kappa shape index (κ2) is 9.67. The van der Waals surface area contributed by atoms with E-state index in [0.717, 1.165) is 25.2 Å². The number of halogens is 4. The summed E-state index contributed by atoms with van der Waals surface area (Å²) in [6, 6.07) is 2.67. The number of hydrogen-bond donors (Lipinski definition) is 0. The zero-order chi connectivity index (χ0) is 21.0. The Morgan fingerprint density at radius 1 is 1.03 bits per heavy atom. The van der Waals surface area contributed by atoms with Crippen LogP contribution in [0.15, 0.2) is 12.1 Å². The second-order valence-corrected chi connectivity index (χ2v) is 8.49. The summed E-state index contributed by atoms with van der Waals surface area (Å²) >= 11 is 0. The minimum Gasteiger partial charge on any atom is -0.493 e. The molecule has 2 fully saturated rings. The van der Waals surface area contributed by atoms with E-state index < -0.39 is 23.3 Å². The molecule has 1 saturated heterocycles. The van der Waals surface area contributed by atoms with Crippen LogP contribution in [0.3, 0.4) is 0 Å². The maximum absolute atomic E-state index is 14.8. The van der Waals surface area contributed by atoms with Crippen LogP contribution in [0.4, 0.5) is 17.6 Å². The van der Waals surface area contributed by atoms with Gasteiger partial charge < -0.3 is 9.47 Å². The predicted molar refractivity (Wildman–Crippen MR) is 105 cm³/mol. The molecule has 0 spiro atoms. The Bertz CT molecular complexity index is 658. The van der Waals surface area contributed by atoms with Crippen molar-refractivity contribution in [2.45, 2.75) is 83.4 Å². The topological polar surface area (TPSA) is 18.5 Å². The first kappa shape index (κ1) is 22.4. The van der Waals surface area contributed by atoms with E-state index in [1.54, 1.807) is 6.92 Å². The van der Waals surface area contributed by atoms with Crippen LogP contribution in [-0.2, 0) is 10.9 Å². The summed E-state index contributed by atoms with van der Waals surface area (Å²) in [5.74, 6) is -0.652. The van der Waals surface area contributed by atoms with Gasteiger partial charge in [0.05, 0.1) is 19.3 Å². The first-order valence-corrected chi connectivity index (χ1v) is 11.0. The Labute approximate surface area is 171 Å². The van der Waals surface area contributed by atoms with Gasteiger partial charge in [0.25, 0.3) is 0 Å². The molecular weight excluding hydrogens is 384 g/mol. The summed E-state index contributed by atoms with van der Waals surface area (Å²) in [6.07, 6.45) is 4.12. The summed E-state index contributed by atoms with van der Waals surface area (Å²) in [5.41, 5.74) is -1.21. The summed E-state index contributed by atoms with van der Waals surface area (Å²) in [5, 5.41) is 0. The van der Waals surface area contributed by atoms with Crippen LogP contribution in [0.2, 0.25) is 0 Å². The van der Waals surface area contributed by atoms with Crippen LogP contribution >= 0.6 is 0 Å². The summed E-state index contributed by atoms with van der Waals surface area (Å²) < 4.78 is 66.2. The number of hydrogen-bond acceptors (Lipinski definition) is 2. The van der Waals surface area contributed by atoms with Gasteiger partial charge in [0.2, 0.25) is 0 Å². The first-order chi connectivity index (χ1) is 13.8. The van der Waals surface area contributed by atoms with Gasteiger partial charge in [-0.05, 0) is 56.1 Å². The van der Waals surface area contributed by atoms with Gasteiger partial charge in [0, 0.05) is 5.92 Å². The highest BCUT2D eigenvalue weighted by molar-refractivity contribution is 5.42. The minimum atomic E-state index is -4.79. The van der Waals surface area contributed by atoms with E-state index >= 15 is 0 Å². The van der Waals surface area contributed by atoms with E-state index in [1.807, 2.05) is 0 Å². The van der Waals surface area contributed by atoms with Gasteiger partial charge in [-0.25, -0.2) is 4.39 Å². The fourth-order valence-corrected chi connectivity index (χ4v) is 5.08. The fraction of sp³-hybridized carbons (Fsp3) is 0.739. The standard InChI is InChI=1S/C23H32F4O2/c1-3-5-15-6-8-16(9-7-15)19-12-10-17(14-29-19)18-11-13-20(28-4-2)21(22(18)24)23(25,26)27/h11,13,15-17,19H,3-10,12,14H2,1-2H3. The lowest BCUT2D eigenvalue weighted by atomic mass is 9.75. The van der Waals surface area contributed by atoms with Crippen LogP contribution < -0.4 is 4.74 Å². The third-order valence-corrected chi connectivity index (χ3v) is 6.58. The molecule has 1 saturated carbocycles. The first-order valence-electron chi connectivity index (χ1n) is 11.0. The Morgan fingerprint density at radius 3 is 2.31 bits per heavy atom. The molecule has 0 aromatic heterocycles. The molecule has 2 aliphatic rings. The molecule has 164 valence electrons. The molecule has 2 nitrogen and oxygen atoms in total. The van der Waals surface area contributed by atoms with E-state index in [1.165, 1.54) is 37.8 Å². The Kier molecular flexibility index (Phi) is 7.47. The third-order valence-electron chi connectivity index (χ3n) is 6.58. The zero-order valence-corrected chi connectivity index (χ0v) is 17.4. The summed E-state index contributed by atoms with van der Waals surface area (Å²) in [4.78, 5) is 0. The van der Waals surface area contributed by atoms with Crippen LogP contribution in [-0.4, -0.2) is 19.3 Å². The molecular formula is C23H32F4O2. The summed E-state index contributed by atoms with van der Waals surface area (Å²) in [6.45, 7) is 4.13. The van der Waals surface area contributed by atoms with Crippen LogP contribution in [0.5, 0.6) is 5.75 Å². The smallest absolute Gasteiger partial charge is 0.422 e. The number of alkyl halides is 3. The third kappa shape index (κ3) is 5.25. The van der Waals surface area contributed by atoms with Crippen molar-refractivity contribution in [3.05, 3.63) is 29.1 Å². The maximum atomic E-state index is 14.8. The molecule has 2 unspecified atom stereocenters. The lowest BCUT2D eigenvalue weighted by molar-refractivity contribution is -0.141. The molecule has 0 radical (unpaired) electrons. The Hall–Kier alpha value is -1.30. The molecule has 1 aliphatic carbocycles. The van der Waals surface area contributed by atoms with Crippen molar-refractivity contribution in [2.24, 2.45) is 11.8 Å². The average Bonchev–Trinajstić information content (AvgIpc) is 2.68. The van der Waals surface area contributed by atoms with Crippen molar-refractivity contribution in [3.8, 4) is 5.75 Å². The van der Waals surface area contributed by atoms with Gasteiger partial charge >= 0.3 is 6.18 Å². The van der Waals surface area contributed by atoms with Gasteiger partial charge in [0.1, 0.15) is 17.1 Å². The number of ether oxygens (including phenoxy) is 2. The molecule has 1 aromatic rings.